The Kier molecular flexibility index (Phi) is 4.43. The van der Waals surface area contributed by atoms with Crippen LogP contribution in [0.25, 0.3) is 0 Å². The first-order valence-corrected chi connectivity index (χ1v) is 6.57. The van der Waals surface area contributed by atoms with E-state index in [2.05, 4.69) is 10.3 Å². The molecule has 1 N–H and O–H groups in total. The molecule has 0 radical (unpaired) electrons. The average Bonchev–Trinajstić information content (AvgIpc) is 2.80. The lowest BCUT2D eigenvalue weighted by molar-refractivity contribution is 0.0712. The van der Waals surface area contributed by atoms with Gasteiger partial charge in [0.25, 0.3) is 5.91 Å². The van der Waals surface area contributed by atoms with Crippen molar-refractivity contribution in [2.75, 3.05) is 6.61 Å². The van der Waals surface area contributed by atoms with Gasteiger partial charge in [-0.3, -0.25) is 4.79 Å². The normalized spacial score (nSPS) is 20.7. The first-order valence-electron chi connectivity index (χ1n) is 5.82. The summed E-state index contributed by atoms with van der Waals surface area (Å²) in [5, 5.41) is 3.30. The van der Waals surface area contributed by atoms with Crippen LogP contribution in [0.1, 0.15) is 30.1 Å². The molecule has 1 amide bonds. The Bertz CT molecular complexity index is 427. The molecule has 0 aliphatic carbocycles. The molecule has 1 aliphatic rings. The fourth-order valence-electron chi connectivity index (χ4n) is 1.98. The van der Waals surface area contributed by atoms with Crippen LogP contribution in [-0.2, 0) is 4.74 Å². The number of halogens is 2. The molecule has 6 heteroatoms. The Hall–Kier alpha value is -0.840. The highest BCUT2D eigenvalue weighted by Crippen LogP contribution is 2.17. The number of hydrogen-bond acceptors (Lipinski definition) is 3. The van der Waals surface area contributed by atoms with Crippen LogP contribution in [-0.4, -0.2) is 29.6 Å². The van der Waals surface area contributed by atoms with E-state index < -0.39 is 0 Å². The van der Waals surface area contributed by atoms with Crippen molar-refractivity contribution in [1.29, 1.82) is 0 Å². The van der Waals surface area contributed by atoms with Crippen LogP contribution in [0.2, 0.25) is 10.3 Å². The maximum atomic E-state index is 12.0. The molecular formula is C12H14Cl2N2O2. The standard InChI is InChI=1S/C12H14Cl2N2O2/c1-7(9-3-2-4-18-9)15-12(17)8-5-10(13)16-11(14)6-8/h5-7,9H,2-4H2,1H3,(H,15,17)/t7-,9-/m1/s1. The molecule has 98 valence electrons. The number of rotatable bonds is 3. The lowest BCUT2D eigenvalue weighted by atomic mass is 10.1. The van der Waals surface area contributed by atoms with Crippen LogP contribution < -0.4 is 5.32 Å². The zero-order valence-electron chi connectivity index (χ0n) is 9.95. The molecule has 0 aromatic carbocycles. The van der Waals surface area contributed by atoms with Gasteiger partial charge in [0.1, 0.15) is 10.3 Å². The van der Waals surface area contributed by atoms with E-state index in [-0.39, 0.29) is 28.4 Å². The number of carbonyl (C=O) groups excluding carboxylic acids is 1. The number of pyridine rings is 1. The SMILES string of the molecule is C[C@@H](NC(=O)c1cc(Cl)nc(Cl)c1)[C@H]1CCCO1. The van der Waals surface area contributed by atoms with E-state index in [4.69, 9.17) is 27.9 Å². The summed E-state index contributed by atoms with van der Waals surface area (Å²) in [4.78, 5) is 15.8. The summed E-state index contributed by atoms with van der Waals surface area (Å²) in [5.41, 5.74) is 0.407. The lowest BCUT2D eigenvalue weighted by Crippen LogP contribution is -2.40. The van der Waals surface area contributed by atoms with Crippen LogP contribution in [0, 0.1) is 0 Å². The van der Waals surface area contributed by atoms with E-state index in [1.807, 2.05) is 6.92 Å². The molecule has 1 aromatic rings. The molecule has 2 heterocycles. The van der Waals surface area contributed by atoms with E-state index in [9.17, 15) is 4.79 Å². The van der Waals surface area contributed by atoms with E-state index in [1.165, 1.54) is 12.1 Å². The van der Waals surface area contributed by atoms with Gasteiger partial charge in [-0.15, -0.1) is 0 Å². The highest BCUT2D eigenvalue weighted by atomic mass is 35.5. The second-order valence-corrected chi connectivity index (χ2v) is 5.09. The summed E-state index contributed by atoms with van der Waals surface area (Å²) in [6.45, 7) is 2.69. The Morgan fingerprint density at radius 1 is 1.50 bits per heavy atom. The van der Waals surface area contributed by atoms with Gasteiger partial charge < -0.3 is 10.1 Å². The summed E-state index contributed by atoms with van der Waals surface area (Å²) in [7, 11) is 0. The highest BCUT2D eigenvalue weighted by molar-refractivity contribution is 6.33. The second kappa shape index (κ2) is 5.87. The third-order valence-electron chi connectivity index (χ3n) is 2.91. The molecule has 0 bridgehead atoms. The number of ether oxygens (including phenoxy) is 1. The quantitative estimate of drug-likeness (QED) is 0.870. The van der Waals surface area contributed by atoms with Gasteiger partial charge in [-0.1, -0.05) is 23.2 Å². The molecule has 1 aliphatic heterocycles. The summed E-state index contributed by atoms with van der Waals surface area (Å²) in [6, 6.07) is 2.95. The molecule has 2 rings (SSSR count). The van der Waals surface area contributed by atoms with E-state index in [1.54, 1.807) is 0 Å². The van der Waals surface area contributed by atoms with E-state index in [0.717, 1.165) is 19.4 Å². The number of nitrogens with zero attached hydrogens (tertiary/aromatic N) is 1. The van der Waals surface area contributed by atoms with Crippen LogP contribution in [0.3, 0.4) is 0 Å². The van der Waals surface area contributed by atoms with Crippen molar-refractivity contribution in [2.24, 2.45) is 0 Å². The van der Waals surface area contributed by atoms with Gasteiger partial charge >= 0.3 is 0 Å². The molecule has 2 atom stereocenters. The molecule has 1 fully saturated rings. The predicted molar refractivity (Wildman–Crippen MR) is 70.2 cm³/mol. The average molecular weight is 289 g/mol. The van der Waals surface area contributed by atoms with E-state index in [0.29, 0.717) is 5.56 Å². The molecule has 0 unspecified atom stereocenters. The van der Waals surface area contributed by atoms with Crippen molar-refractivity contribution < 1.29 is 9.53 Å². The van der Waals surface area contributed by atoms with Gasteiger partial charge in [0.05, 0.1) is 12.1 Å². The molecule has 1 saturated heterocycles. The number of carbonyl (C=O) groups is 1. The summed E-state index contributed by atoms with van der Waals surface area (Å²) in [6.07, 6.45) is 2.10. The second-order valence-electron chi connectivity index (χ2n) is 4.31. The molecule has 18 heavy (non-hydrogen) atoms. The largest absolute Gasteiger partial charge is 0.376 e. The first kappa shape index (κ1) is 13.6. The van der Waals surface area contributed by atoms with Crippen molar-refractivity contribution in [3.8, 4) is 0 Å². The molecule has 0 spiro atoms. The van der Waals surface area contributed by atoms with Crippen LogP contribution in [0.4, 0.5) is 0 Å². The fraction of sp³-hybridized carbons (Fsp3) is 0.500. The van der Waals surface area contributed by atoms with Crippen molar-refractivity contribution in [2.45, 2.75) is 31.9 Å². The Morgan fingerprint density at radius 3 is 2.72 bits per heavy atom. The number of nitrogens with one attached hydrogen (secondary N) is 1. The zero-order valence-corrected chi connectivity index (χ0v) is 11.5. The van der Waals surface area contributed by atoms with Gasteiger partial charge in [0.15, 0.2) is 0 Å². The van der Waals surface area contributed by atoms with Crippen molar-refractivity contribution >= 4 is 29.1 Å². The van der Waals surface area contributed by atoms with Gasteiger partial charge in [0, 0.05) is 12.2 Å². The molecular weight excluding hydrogens is 275 g/mol. The lowest BCUT2D eigenvalue weighted by Gasteiger charge is -2.20. The summed E-state index contributed by atoms with van der Waals surface area (Å²) in [5.74, 6) is -0.218. The van der Waals surface area contributed by atoms with Gasteiger partial charge in [-0.25, -0.2) is 4.98 Å². The summed E-state index contributed by atoms with van der Waals surface area (Å²) < 4.78 is 5.52. The van der Waals surface area contributed by atoms with Gasteiger partial charge in [-0.2, -0.15) is 0 Å². The molecule has 1 aromatic heterocycles. The van der Waals surface area contributed by atoms with Crippen molar-refractivity contribution in [3.63, 3.8) is 0 Å². The number of aromatic nitrogens is 1. The molecule has 0 saturated carbocycles. The smallest absolute Gasteiger partial charge is 0.251 e. The fourth-order valence-corrected chi connectivity index (χ4v) is 2.44. The Labute approximate surface area is 116 Å². The van der Waals surface area contributed by atoms with Gasteiger partial charge in [-0.05, 0) is 31.9 Å². The summed E-state index contributed by atoms with van der Waals surface area (Å²) >= 11 is 11.5. The minimum absolute atomic E-state index is 0.0364. The maximum Gasteiger partial charge on any atom is 0.251 e. The Morgan fingerprint density at radius 2 is 2.17 bits per heavy atom. The van der Waals surface area contributed by atoms with Crippen molar-refractivity contribution in [3.05, 3.63) is 28.0 Å². The predicted octanol–water partition coefficient (Wildman–Crippen LogP) is 2.69. The zero-order chi connectivity index (χ0) is 13.1. The third kappa shape index (κ3) is 3.34. The Balaban J connectivity index is 2.02. The number of hydrogen-bond donors (Lipinski definition) is 1. The van der Waals surface area contributed by atoms with Crippen molar-refractivity contribution in [1.82, 2.24) is 10.3 Å². The first-order chi connectivity index (χ1) is 8.56. The monoisotopic (exact) mass is 288 g/mol. The van der Waals surface area contributed by atoms with Crippen LogP contribution >= 0.6 is 23.2 Å². The third-order valence-corrected chi connectivity index (χ3v) is 3.29. The van der Waals surface area contributed by atoms with Crippen LogP contribution in [0.15, 0.2) is 12.1 Å². The highest BCUT2D eigenvalue weighted by Gasteiger charge is 2.24. The maximum absolute atomic E-state index is 12.0. The molecule has 4 nitrogen and oxygen atoms in total. The minimum atomic E-state index is -0.218. The minimum Gasteiger partial charge on any atom is -0.376 e. The topological polar surface area (TPSA) is 51.2 Å². The van der Waals surface area contributed by atoms with Gasteiger partial charge in [0.2, 0.25) is 0 Å². The number of amides is 1. The van der Waals surface area contributed by atoms with E-state index >= 15 is 0 Å². The van der Waals surface area contributed by atoms with Crippen LogP contribution in [0.5, 0.6) is 0 Å².